The van der Waals surface area contributed by atoms with E-state index in [1.165, 1.54) is 270 Å². The van der Waals surface area contributed by atoms with E-state index in [1.54, 1.807) is 0 Å². The number of rotatable bonds is 18. The van der Waals surface area contributed by atoms with Crippen LogP contribution in [0.2, 0.25) is 0 Å². The van der Waals surface area contributed by atoms with Crippen LogP contribution in [0.4, 0.5) is 0 Å². The molecule has 3 N–H and O–H groups in total. The minimum atomic E-state index is 0.903. The summed E-state index contributed by atoms with van der Waals surface area (Å²) >= 11 is 0. The van der Waals surface area contributed by atoms with Crippen molar-refractivity contribution >= 4 is 0 Å². The van der Waals surface area contributed by atoms with Crippen LogP contribution in [-0.2, 0) is 0 Å². The molecule has 0 unspecified atom stereocenters. The van der Waals surface area contributed by atoms with E-state index in [0.29, 0.717) is 0 Å². The van der Waals surface area contributed by atoms with Crippen molar-refractivity contribution in [3.8, 4) is 0 Å². The van der Waals surface area contributed by atoms with Crippen LogP contribution in [0.3, 0.4) is 0 Å². The van der Waals surface area contributed by atoms with E-state index in [4.69, 9.17) is 0 Å². The smallest absolute Gasteiger partial charge is 0.00235 e. The van der Waals surface area contributed by atoms with Gasteiger partial charge >= 0.3 is 0 Å². The predicted octanol–water partition coefficient (Wildman–Crippen LogP) is 30.0. The highest BCUT2D eigenvalue weighted by atomic mass is 14.8. The van der Waals surface area contributed by atoms with Gasteiger partial charge in [0.1, 0.15) is 0 Å². The fourth-order valence-electron chi connectivity index (χ4n) is 19.7. The first-order valence-electron chi connectivity index (χ1n) is 46.0. The predicted molar refractivity (Wildman–Crippen MR) is 452 cm³/mol. The average Bonchev–Trinajstić information content (AvgIpc) is 1.48. The van der Waals surface area contributed by atoms with Gasteiger partial charge in [0.25, 0.3) is 0 Å². The molecule has 9 fully saturated rings. The highest BCUT2D eigenvalue weighted by molar-refractivity contribution is 4.81. The summed E-state index contributed by atoms with van der Waals surface area (Å²) in [6.07, 6.45) is 57.4. The molecular weight excluding hydrogens is 1200 g/mol. The van der Waals surface area contributed by atoms with E-state index in [1.807, 2.05) is 0 Å². The van der Waals surface area contributed by atoms with Gasteiger partial charge in [0.05, 0.1) is 0 Å². The molecule has 0 saturated heterocycles. The third-order valence-corrected chi connectivity index (χ3v) is 29.2. The van der Waals surface area contributed by atoms with Crippen LogP contribution in [0.1, 0.15) is 417 Å². The third kappa shape index (κ3) is 45.3. The molecule has 0 heterocycles. The van der Waals surface area contributed by atoms with Gasteiger partial charge in [-0.1, -0.05) is 262 Å². The van der Waals surface area contributed by atoms with Crippen molar-refractivity contribution in [1.29, 1.82) is 0 Å². The highest BCUT2D eigenvalue weighted by Gasteiger charge is 2.29. The molecule has 0 aliphatic heterocycles. The van der Waals surface area contributed by atoms with Gasteiger partial charge in [0.15, 0.2) is 0 Å². The number of nitrogens with one attached hydrogen (secondary N) is 3. The zero-order valence-electron chi connectivity index (χ0n) is 73.8. The van der Waals surface area contributed by atoms with Crippen molar-refractivity contribution in [2.24, 2.45) is 160 Å². The summed E-state index contributed by atoms with van der Waals surface area (Å²) in [7, 11) is 6.19. The summed E-state index contributed by atoms with van der Waals surface area (Å²) in [4.78, 5) is 0. The zero-order valence-corrected chi connectivity index (χ0v) is 73.8. The van der Waals surface area contributed by atoms with Crippen molar-refractivity contribution in [3.05, 3.63) is 0 Å². The lowest BCUT2D eigenvalue weighted by atomic mass is 9.76. The zero-order chi connectivity index (χ0) is 74.4. The fourth-order valence-corrected chi connectivity index (χ4v) is 19.7. The van der Waals surface area contributed by atoms with Crippen molar-refractivity contribution < 1.29 is 0 Å². The first kappa shape index (κ1) is 96.9. The van der Waals surface area contributed by atoms with Crippen LogP contribution >= 0.6 is 0 Å². The fraction of sp³-hybridized carbons (Fsp3) is 1.00. The second kappa shape index (κ2) is 58.0. The summed E-state index contributed by atoms with van der Waals surface area (Å²) in [5.74, 6) is 26.6. The Labute approximate surface area is 629 Å². The molecule has 0 amide bonds. The Morgan fingerprint density at radius 2 is 0.293 bits per heavy atom. The van der Waals surface area contributed by atoms with Crippen LogP contribution in [0, 0.1) is 160 Å². The monoisotopic (exact) mass is 1390 g/mol. The largest absolute Gasteiger partial charge is 0.319 e. The lowest BCUT2D eigenvalue weighted by Crippen LogP contribution is -2.25. The summed E-state index contributed by atoms with van der Waals surface area (Å²) in [5, 5.41) is 9.84. The molecule has 0 aromatic rings. The van der Waals surface area contributed by atoms with Gasteiger partial charge in [0, 0.05) is 0 Å². The van der Waals surface area contributed by atoms with Crippen molar-refractivity contribution in [3.63, 3.8) is 0 Å². The second-order valence-corrected chi connectivity index (χ2v) is 39.8. The molecule has 594 valence electrons. The lowest BCUT2D eigenvalue weighted by Gasteiger charge is -2.30. The molecule has 0 aromatic heterocycles. The minimum absolute atomic E-state index is 0.903. The Bertz CT molecular complexity index is 1490. The first-order valence-corrected chi connectivity index (χ1v) is 46.0. The number of hydrogen-bond acceptors (Lipinski definition) is 3. The first-order chi connectivity index (χ1) is 47.0. The molecule has 9 rings (SSSR count). The van der Waals surface area contributed by atoms with Crippen molar-refractivity contribution in [2.45, 2.75) is 417 Å². The molecule has 0 radical (unpaired) electrons. The van der Waals surface area contributed by atoms with Gasteiger partial charge in [-0.15, -0.1) is 0 Å². The van der Waals surface area contributed by atoms with Crippen LogP contribution in [-0.4, -0.2) is 40.8 Å². The molecular formula is C96H195N3. The average molecular weight is 1390 g/mol. The summed E-state index contributed by atoms with van der Waals surface area (Å²) in [6, 6.07) is 0. The molecule has 0 spiro atoms. The molecule has 9 aliphatic carbocycles. The van der Waals surface area contributed by atoms with Gasteiger partial charge < -0.3 is 16.0 Å². The highest BCUT2D eigenvalue weighted by Crippen LogP contribution is 2.40. The van der Waals surface area contributed by atoms with E-state index in [9.17, 15) is 0 Å². The van der Waals surface area contributed by atoms with E-state index >= 15 is 0 Å². The lowest BCUT2D eigenvalue weighted by molar-refractivity contribution is 0.221. The molecule has 9 saturated carbocycles. The van der Waals surface area contributed by atoms with Crippen LogP contribution < -0.4 is 16.0 Å². The molecule has 0 atom stereocenters. The molecule has 9 aliphatic rings. The van der Waals surface area contributed by atoms with Crippen LogP contribution in [0.5, 0.6) is 0 Å². The summed E-state index contributed by atoms with van der Waals surface area (Å²) in [5.41, 5.74) is 0. The van der Waals surface area contributed by atoms with Gasteiger partial charge in [-0.3, -0.25) is 0 Å². The molecule has 3 heteroatoms. The third-order valence-electron chi connectivity index (χ3n) is 29.2. The summed E-state index contributed by atoms with van der Waals surface area (Å²) in [6.45, 7) is 60.4. The van der Waals surface area contributed by atoms with Gasteiger partial charge in [-0.05, 0) is 355 Å². The van der Waals surface area contributed by atoms with Gasteiger partial charge in [-0.25, -0.2) is 0 Å². The SMILES string of the molecule is CC1CCC(C(C)C)CC1.CC1CCC(C(C)C)CC1.CC1CCC(C(C)C)CC1.CCC1CCC(C(C)C)CC1.CCC1CCC(C(C)C)CC1.CCC1CCC(C(C)C)CC1.CNCC1CCC(C(C)C)CC1.CNCC1CCC(C(C)C)CC1.CNCC1CCC(C(C)C)CC1. The maximum Gasteiger partial charge on any atom is -0.00235 e. The van der Waals surface area contributed by atoms with Crippen molar-refractivity contribution in [1.82, 2.24) is 16.0 Å². The van der Waals surface area contributed by atoms with Crippen LogP contribution in [0.25, 0.3) is 0 Å². The van der Waals surface area contributed by atoms with Gasteiger partial charge in [0.2, 0.25) is 0 Å². The van der Waals surface area contributed by atoms with E-state index in [-0.39, 0.29) is 0 Å². The Balaban J connectivity index is 0.000000557. The summed E-state index contributed by atoms with van der Waals surface area (Å²) < 4.78 is 0. The van der Waals surface area contributed by atoms with E-state index in [0.717, 1.165) is 160 Å². The van der Waals surface area contributed by atoms with E-state index < -0.39 is 0 Å². The molecule has 0 aromatic carbocycles. The molecule has 0 bridgehead atoms. The molecule has 3 nitrogen and oxygen atoms in total. The Morgan fingerprint density at radius 3 is 0.394 bits per heavy atom. The Hall–Kier alpha value is -0.120. The maximum absolute atomic E-state index is 3.28. The van der Waals surface area contributed by atoms with E-state index in [2.05, 4.69) is 203 Å². The quantitative estimate of drug-likeness (QED) is 0.128. The maximum atomic E-state index is 3.28. The topological polar surface area (TPSA) is 36.1 Å². The molecule has 99 heavy (non-hydrogen) atoms. The minimum Gasteiger partial charge on any atom is -0.319 e. The van der Waals surface area contributed by atoms with Crippen LogP contribution in [0.15, 0.2) is 0 Å². The number of hydrogen-bond donors (Lipinski definition) is 3. The standard InChI is InChI=1S/3C11H23N.3C11H22.3C10H20/c3*1-9(2)11-6-4-10(5-7-11)8-12-3;3*1-4-10-5-7-11(8-6-10)9(2)3;3*1-8(2)10-6-4-9(3)5-7-10/h3*9-12H,4-8H2,1-3H3;3*9-11H,4-8H2,1-3H3;3*8-10H,4-7H2,1-3H3. The normalized spacial score (nSPS) is 32.7. The van der Waals surface area contributed by atoms with Crippen molar-refractivity contribution in [2.75, 3.05) is 40.8 Å². The second-order valence-electron chi connectivity index (χ2n) is 39.8. The Kier molecular flexibility index (Phi) is 56.7. The Morgan fingerprint density at radius 1 is 0.182 bits per heavy atom. The van der Waals surface area contributed by atoms with Gasteiger partial charge in [-0.2, -0.15) is 0 Å².